The lowest BCUT2D eigenvalue weighted by molar-refractivity contribution is 0.155. The second-order valence-electron chi connectivity index (χ2n) is 4.92. The minimum Gasteiger partial charge on any atom is -0.394 e. The third kappa shape index (κ3) is 4.59. The maximum absolute atomic E-state index is 12.2. The van der Waals surface area contributed by atoms with Crippen molar-refractivity contribution >= 4 is 23.3 Å². The van der Waals surface area contributed by atoms with Crippen molar-refractivity contribution < 1.29 is 14.6 Å². The number of methoxy groups -OCH3 is 1. The van der Waals surface area contributed by atoms with Crippen molar-refractivity contribution in [2.45, 2.75) is 38.8 Å². The van der Waals surface area contributed by atoms with Crippen molar-refractivity contribution in [1.82, 2.24) is 5.32 Å². The number of halogens is 1. The van der Waals surface area contributed by atoms with E-state index in [9.17, 15) is 9.90 Å². The number of aliphatic hydroxyl groups excluding tert-OH is 1. The van der Waals surface area contributed by atoms with Crippen molar-refractivity contribution in [1.29, 1.82) is 0 Å². The molecule has 0 fully saturated rings. The van der Waals surface area contributed by atoms with Gasteiger partial charge in [-0.15, -0.1) is 0 Å². The number of urea groups is 1. The Labute approximate surface area is 130 Å². The van der Waals surface area contributed by atoms with E-state index in [1.54, 1.807) is 25.3 Å². The highest BCUT2D eigenvalue weighted by Gasteiger charge is 2.27. The first-order valence-corrected chi connectivity index (χ1v) is 7.36. The van der Waals surface area contributed by atoms with E-state index in [2.05, 4.69) is 10.6 Å². The molecule has 6 heteroatoms. The lowest BCUT2D eigenvalue weighted by Gasteiger charge is -2.30. The van der Waals surface area contributed by atoms with Crippen LogP contribution in [-0.4, -0.2) is 30.4 Å². The van der Waals surface area contributed by atoms with E-state index in [0.29, 0.717) is 30.2 Å². The number of hydrogen-bond acceptors (Lipinski definition) is 3. The molecule has 0 saturated heterocycles. The molecule has 0 atom stereocenters. The molecular weight excluding hydrogens is 292 g/mol. The Morgan fingerprint density at radius 1 is 1.38 bits per heavy atom. The number of amides is 2. The predicted molar refractivity (Wildman–Crippen MR) is 84.7 cm³/mol. The number of nitrogens with one attached hydrogen (secondary N) is 2. The van der Waals surface area contributed by atoms with E-state index in [1.165, 1.54) is 0 Å². The normalized spacial score (nSPS) is 11.3. The van der Waals surface area contributed by atoms with Crippen LogP contribution in [0.1, 0.15) is 32.3 Å². The van der Waals surface area contributed by atoms with Gasteiger partial charge in [0.2, 0.25) is 0 Å². The molecule has 1 aromatic carbocycles. The van der Waals surface area contributed by atoms with Crippen LogP contribution in [0.2, 0.25) is 5.02 Å². The first-order chi connectivity index (χ1) is 10.0. The van der Waals surface area contributed by atoms with Gasteiger partial charge in [-0.3, -0.25) is 0 Å². The molecule has 1 aromatic rings. The molecule has 2 amide bonds. The van der Waals surface area contributed by atoms with E-state index in [-0.39, 0.29) is 12.6 Å². The average molecular weight is 315 g/mol. The minimum atomic E-state index is -0.607. The third-order valence-corrected chi connectivity index (χ3v) is 4.04. The van der Waals surface area contributed by atoms with Crippen LogP contribution < -0.4 is 10.6 Å². The number of hydrogen-bond donors (Lipinski definition) is 3. The molecule has 0 heterocycles. The predicted octanol–water partition coefficient (Wildman–Crippen LogP) is 3.16. The van der Waals surface area contributed by atoms with Crippen LogP contribution in [0.4, 0.5) is 10.5 Å². The average Bonchev–Trinajstić information content (AvgIpc) is 2.48. The highest BCUT2D eigenvalue weighted by atomic mass is 35.5. The zero-order chi connectivity index (χ0) is 15.9. The Balaban J connectivity index is 2.86. The number of anilines is 1. The van der Waals surface area contributed by atoms with Crippen LogP contribution in [0.15, 0.2) is 18.2 Å². The second-order valence-corrected chi connectivity index (χ2v) is 5.33. The zero-order valence-corrected chi connectivity index (χ0v) is 13.5. The standard InChI is InChI=1S/C15H23ClN2O3/c1-4-15(5-2,10-19)18-14(20)17-13-8-6-7-12(16)11(13)9-21-3/h6-8,19H,4-5,9-10H2,1-3H3,(H2,17,18,20). The molecule has 118 valence electrons. The summed E-state index contributed by atoms with van der Waals surface area (Å²) in [5.74, 6) is 0. The lowest BCUT2D eigenvalue weighted by atomic mass is 9.94. The molecule has 21 heavy (non-hydrogen) atoms. The second kappa shape index (κ2) is 8.22. The molecule has 3 N–H and O–H groups in total. The van der Waals surface area contributed by atoms with Crippen molar-refractivity contribution in [3.05, 3.63) is 28.8 Å². The van der Waals surface area contributed by atoms with Crippen LogP contribution in [0.25, 0.3) is 0 Å². The largest absolute Gasteiger partial charge is 0.394 e. The monoisotopic (exact) mass is 314 g/mol. The lowest BCUT2D eigenvalue weighted by Crippen LogP contribution is -2.52. The molecule has 0 unspecified atom stereocenters. The van der Waals surface area contributed by atoms with Crippen LogP contribution in [0.5, 0.6) is 0 Å². The molecule has 0 radical (unpaired) electrons. The van der Waals surface area contributed by atoms with Gasteiger partial charge in [-0.1, -0.05) is 31.5 Å². The molecule has 0 spiro atoms. The van der Waals surface area contributed by atoms with Crippen molar-refractivity contribution in [2.24, 2.45) is 0 Å². The highest BCUT2D eigenvalue weighted by molar-refractivity contribution is 6.31. The number of ether oxygens (including phenoxy) is 1. The molecule has 0 bridgehead atoms. The summed E-state index contributed by atoms with van der Waals surface area (Å²) in [6, 6.07) is 4.90. The van der Waals surface area contributed by atoms with Crippen molar-refractivity contribution in [3.63, 3.8) is 0 Å². The number of carbonyl (C=O) groups is 1. The summed E-state index contributed by atoms with van der Waals surface area (Å²) >= 11 is 6.11. The SMILES string of the molecule is CCC(CC)(CO)NC(=O)Nc1cccc(Cl)c1COC. The molecule has 0 aliphatic carbocycles. The first-order valence-electron chi connectivity index (χ1n) is 6.98. The molecule has 0 aromatic heterocycles. The fraction of sp³-hybridized carbons (Fsp3) is 0.533. The van der Waals surface area contributed by atoms with E-state index in [4.69, 9.17) is 16.3 Å². The molecule has 0 saturated carbocycles. The van der Waals surface area contributed by atoms with Crippen molar-refractivity contribution in [3.8, 4) is 0 Å². The van der Waals surface area contributed by atoms with Crippen LogP contribution in [-0.2, 0) is 11.3 Å². The zero-order valence-electron chi connectivity index (χ0n) is 12.7. The Morgan fingerprint density at radius 2 is 2.05 bits per heavy atom. The van der Waals surface area contributed by atoms with Crippen LogP contribution in [0, 0.1) is 0 Å². The van der Waals surface area contributed by atoms with Crippen LogP contribution >= 0.6 is 11.6 Å². The number of rotatable bonds is 7. The van der Waals surface area contributed by atoms with Gasteiger partial charge in [-0.2, -0.15) is 0 Å². The smallest absolute Gasteiger partial charge is 0.319 e. The molecular formula is C15H23ClN2O3. The summed E-state index contributed by atoms with van der Waals surface area (Å²) in [6.07, 6.45) is 1.29. The summed E-state index contributed by atoms with van der Waals surface area (Å²) in [5, 5.41) is 15.6. The quantitative estimate of drug-likeness (QED) is 0.724. The Bertz CT molecular complexity index is 468. The van der Waals surface area contributed by atoms with Gasteiger partial charge in [-0.25, -0.2) is 4.79 Å². The molecule has 0 aliphatic heterocycles. The fourth-order valence-electron chi connectivity index (χ4n) is 2.05. The maximum atomic E-state index is 12.2. The summed E-state index contributed by atoms with van der Waals surface area (Å²) < 4.78 is 5.10. The summed E-state index contributed by atoms with van der Waals surface area (Å²) in [7, 11) is 1.57. The van der Waals surface area contributed by atoms with Gasteiger partial charge in [0.05, 0.1) is 18.8 Å². The number of aliphatic hydroxyl groups is 1. The van der Waals surface area contributed by atoms with E-state index in [0.717, 1.165) is 5.56 Å². The first kappa shape index (κ1) is 17.8. The fourth-order valence-corrected chi connectivity index (χ4v) is 2.28. The summed E-state index contributed by atoms with van der Waals surface area (Å²) in [5.41, 5.74) is 0.713. The maximum Gasteiger partial charge on any atom is 0.319 e. The van der Waals surface area contributed by atoms with Gasteiger partial charge in [0, 0.05) is 23.4 Å². The van der Waals surface area contributed by atoms with Gasteiger partial charge in [0.15, 0.2) is 0 Å². The molecule has 0 aliphatic rings. The van der Waals surface area contributed by atoms with Gasteiger partial charge in [0.1, 0.15) is 0 Å². The topological polar surface area (TPSA) is 70.6 Å². The Morgan fingerprint density at radius 3 is 2.57 bits per heavy atom. The molecule has 1 rings (SSSR count). The van der Waals surface area contributed by atoms with Gasteiger partial charge in [0.25, 0.3) is 0 Å². The van der Waals surface area contributed by atoms with E-state index < -0.39 is 5.54 Å². The Hall–Kier alpha value is -1.30. The van der Waals surface area contributed by atoms with E-state index in [1.807, 2.05) is 13.8 Å². The van der Waals surface area contributed by atoms with Crippen LogP contribution in [0.3, 0.4) is 0 Å². The van der Waals surface area contributed by atoms with Crippen molar-refractivity contribution in [2.75, 3.05) is 19.0 Å². The third-order valence-electron chi connectivity index (χ3n) is 3.69. The number of carbonyl (C=O) groups excluding carboxylic acids is 1. The van der Waals surface area contributed by atoms with Gasteiger partial charge < -0.3 is 20.5 Å². The summed E-state index contributed by atoms with van der Waals surface area (Å²) in [4.78, 5) is 12.2. The minimum absolute atomic E-state index is 0.103. The molecule has 5 nitrogen and oxygen atoms in total. The highest BCUT2D eigenvalue weighted by Crippen LogP contribution is 2.25. The number of benzene rings is 1. The Kier molecular flexibility index (Phi) is 6.95. The summed E-state index contributed by atoms with van der Waals surface area (Å²) in [6.45, 7) is 4.06. The van der Waals surface area contributed by atoms with E-state index >= 15 is 0 Å². The van der Waals surface area contributed by atoms with Gasteiger partial charge in [-0.05, 0) is 25.0 Å². The van der Waals surface area contributed by atoms with Gasteiger partial charge >= 0.3 is 6.03 Å².